The molecule has 0 radical (unpaired) electrons. The van der Waals surface area contributed by atoms with Gasteiger partial charge in [-0.1, -0.05) is 29.8 Å². The SMILES string of the molecule is COc1ccccc1C(=O)C1CC(=O)Nc2c1c(C)nn2-c1ccc(C)cc1. The fourth-order valence-electron chi connectivity index (χ4n) is 3.68. The third-order valence-corrected chi connectivity index (χ3v) is 5.07. The lowest BCUT2D eigenvalue weighted by atomic mass is 9.85. The molecule has 28 heavy (non-hydrogen) atoms. The fraction of sp³-hybridized carbons (Fsp3) is 0.227. The van der Waals surface area contributed by atoms with Crippen LogP contribution in [0, 0.1) is 13.8 Å². The lowest BCUT2D eigenvalue weighted by Gasteiger charge is -2.23. The minimum atomic E-state index is -0.598. The molecule has 2 aromatic carbocycles. The maximum absolute atomic E-state index is 13.3. The van der Waals surface area contributed by atoms with Gasteiger partial charge in [-0.3, -0.25) is 9.59 Å². The van der Waals surface area contributed by atoms with E-state index in [4.69, 9.17) is 4.74 Å². The van der Waals surface area contributed by atoms with Gasteiger partial charge in [-0.05, 0) is 38.1 Å². The van der Waals surface area contributed by atoms with Crippen LogP contribution >= 0.6 is 0 Å². The van der Waals surface area contributed by atoms with Crippen molar-refractivity contribution in [2.24, 2.45) is 0 Å². The van der Waals surface area contributed by atoms with E-state index in [0.29, 0.717) is 17.1 Å². The predicted molar refractivity (Wildman–Crippen MR) is 106 cm³/mol. The molecular weight excluding hydrogens is 354 g/mol. The van der Waals surface area contributed by atoms with Crippen LogP contribution in [0.2, 0.25) is 0 Å². The number of anilines is 1. The molecule has 0 spiro atoms. The van der Waals surface area contributed by atoms with Crippen LogP contribution in [-0.2, 0) is 4.79 Å². The molecule has 1 amide bonds. The Kier molecular flexibility index (Phi) is 4.47. The van der Waals surface area contributed by atoms with Gasteiger partial charge in [0.15, 0.2) is 5.78 Å². The van der Waals surface area contributed by atoms with Crippen molar-refractivity contribution in [3.05, 3.63) is 70.9 Å². The smallest absolute Gasteiger partial charge is 0.226 e. The van der Waals surface area contributed by atoms with Crippen LogP contribution in [-0.4, -0.2) is 28.6 Å². The fourth-order valence-corrected chi connectivity index (χ4v) is 3.68. The van der Waals surface area contributed by atoms with Crippen LogP contribution in [0.3, 0.4) is 0 Å². The van der Waals surface area contributed by atoms with E-state index < -0.39 is 5.92 Å². The van der Waals surface area contributed by atoms with Crippen LogP contribution in [0.25, 0.3) is 5.69 Å². The molecule has 1 aliphatic rings. The Morgan fingerprint density at radius 1 is 1.14 bits per heavy atom. The van der Waals surface area contributed by atoms with Crippen molar-refractivity contribution < 1.29 is 14.3 Å². The number of para-hydroxylation sites is 1. The Labute approximate surface area is 163 Å². The summed E-state index contributed by atoms with van der Waals surface area (Å²) in [5.41, 5.74) is 3.92. The van der Waals surface area contributed by atoms with Crippen LogP contribution in [0.15, 0.2) is 48.5 Å². The highest BCUT2D eigenvalue weighted by Crippen LogP contribution is 2.39. The number of carbonyl (C=O) groups is 2. The monoisotopic (exact) mass is 375 g/mol. The number of Topliss-reactive ketones (excluding diaryl/α,β-unsaturated/α-hetero) is 1. The lowest BCUT2D eigenvalue weighted by Crippen LogP contribution is -2.28. The Hall–Kier alpha value is -3.41. The number of benzene rings is 2. The van der Waals surface area contributed by atoms with Gasteiger partial charge in [-0.25, -0.2) is 4.68 Å². The summed E-state index contributed by atoms with van der Waals surface area (Å²) >= 11 is 0. The second-order valence-electron chi connectivity index (χ2n) is 6.96. The molecule has 3 aromatic rings. The number of carbonyl (C=O) groups excluding carboxylic acids is 2. The summed E-state index contributed by atoms with van der Waals surface area (Å²) in [6.07, 6.45) is 0.0876. The number of ketones is 1. The number of aromatic nitrogens is 2. The summed E-state index contributed by atoms with van der Waals surface area (Å²) in [5, 5.41) is 7.52. The van der Waals surface area contributed by atoms with Crippen molar-refractivity contribution in [2.75, 3.05) is 12.4 Å². The summed E-state index contributed by atoms with van der Waals surface area (Å²) in [6.45, 7) is 3.88. The Morgan fingerprint density at radius 3 is 2.57 bits per heavy atom. The number of methoxy groups -OCH3 is 1. The highest BCUT2D eigenvalue weighted by Gasteiger charge is 2.37. The van der Waals surface area contributed by atoms with Gasteiger partial charge in [-0.15, -0.1) is 0 Å². The average Bonchev–Trinajstić information content (AvgIpc) is 3.03. The maximum atomic E-state index is 13.3. The third-order valence-electron chi connectivity index (χ3n) is 5.07. The molecule has 4 rings (SSSR count). The number of aryl methyl sites for hydroxylation is 2. The second-order valence-corrected chi connectivity index (χ2v) is 6.96. The van der Waals surface area contributed by atoms with Crippen molar-refractivity contribution in [1.82, 2.24) is 9.78 Å². The molecule has 1 atom stereocenters. The first-order chi connectivity index (χ1) is 13.5. The molecule has 1 aromatic heterocycles. The topological polar surface area (TPSA) is 73.2 Å². The Balaban J connectivity index is 1.82. The van der Waals surface area contributed by atoms with Crippen molar-refractivity contribution in [1.29, 1.82) is 0 Å². The van der Waals surface area contributed by atoms with Gasteiger partial charge in [0.25, 0.3) is 0 Å². The number of hydrogen-bond donors (Lipinski definition) is 1. The molecule has 0 saturated heterocycles. The van der Waals surface area contributed by atoms with E-state index in [1.165, 1.54) is 7.11 Å². The zero-order valence-electron chi connectivity index (χ0n) is 16.0. The molecule has 142 valence electrons. The molecule has 2 heterocycles. The third kappa shape index (κ3) is 2.97. The number of fused-ring (bicyclic) bond motifs is 1. The summed E-state index contributed by atoms with van der Waals surface area (Å²) in [4.78, 5) is 25.8. The zero-order valence-corrected chi connectivity index (χ0v) is 16.0. The summed E-state index contributed by atoms with van der Waals surface area (Å²) in [7, 11) is 1.53. The first kappa shape index (κ1) is 18.0. The molecule has 1 unspecified atom stereocenters. The van der Waals surface area contributed by atoms with Crippen LogP contribution < -0.4 is 10.1 Å². The summed E-state index contributed by atoms with van der Waals surface area (Å²) in [5.74, 6) is 0.128. The predicted octanol–water partition coefficient (Wildman–Crippen LogP) is 3.81. The normalized spacial score (nSPS) is 15.7. The van der Waals surface area contributed by atoms with Gasteiger partial charge in [0.2, 0.25) is 5.91 Å². The maximum Gasteiger partial charge on any atom is 0.226 e. The van der Waals surface area contributed by atoms with E-state index in [0.717, 1.165) is 22.5 Å². The van der Waals surface area contributed by atoms with Gasteiger partial charge in [0.05, 0.1) is 30.0 Å². The largest absolute Gasteiger partial charge is 0.496 e. The first-order valence-electron chi connectivity index (χ1n) is 9.13. The van der Waals surface area contributed by atoms with E-state index in [-0.39, 0.29) is 18.1 Å². The molecule has 6 heteroatoms. The Morgan fingerprint density at radius 2 is 1.86 bits per heavy atom. The first-order valence-corrected chi connectivity index (χ1v) is 9.13. The van der Waals surface area contributed by atoms with Gasteiger partial charge in [0, 0.05) is 12.0 Å². The van der Waals surface area contributed by atoms with Crippen LogP contribution in [0.4, 0.5) is 5.82 Å². The van der Waals surface area contributed by atoms with E-state index in [9.17, 15) is 9.59 Å². The standard InChI is InChI=1S/C22H21N3O3/c1-13-8-10-15(11-9-13)25-22-20(14(2)24-25)17(12-19(26)23-22)21(27)16-6-4-5-7-18(16)28-3/h4-11,17H,12H2,1-3H3,(H,23,26). The number of ether oxygens (including phenoxy) is 1. The minimum absolute atomic E-state index is 0.0876. The van der Waals surface area contributed by atoms with E-state index in [1.54, 1.807) is 22.9 Å². The van der Waals surface area contributed by atoms with E-state index in [2.05, 4.69) is 10.4 Å². The van der Waals surface area contributed by atoms with Gasteiger partial charge in [-0.2, -0.15) is 5.10 Å². The number of rotatable bonds is 4. The van der Waals surface area contributed by atoms with Crippen LogP contribution in [0.1, 0.15) is 39.5 Å². The van der Waals surface area contributed by atoms with Crippen molar-refractivity contribution in [3.63, 3.8) is 0 Å². The quantitative estimate of drug-likeness (QED) is 0.704. The Bertz CT molecular complexity index is 1070. The highest BCUT2D eigenvalue weighted by atomic mass is 16.5. The molecule has 0 saturated carbocycles. The molecule has 0 fully saturated rings. The van der Waals surface area contributed by atoms with Crippen molar-refractivity contribution >= 4 is 17.5 Å². The highest BCUT2D eigenvalue weighted by molar-refractivity contribution is 6.09. The van der Waals surface area contributed by atoms with E-state index in [1.807, 2.05) is 44.2 Å². The summed E-state index contributed by atoms with van der Waals surface area (Å²) in [6, 6.07) is 14.9. The number of hydrogen-bond acceptors (Lipinski definition) is 4. The van der Waals surface area contributed by atoms with E-state index >= 15 is 0 Å². The number of nitrogens with zero attached hydrogens (tertiary/aromatic N) is 2. The number of amides is 1. The lowest BCUT2D eigenvalue weighted by molar-refractivity contribution is -0.116. The van der Waals surface area contributed by atoms with Crippen molar-refractivity contribution in [2.45, 2.75) is 26.2 Å². The van der Waals surface area contributed by atoms with Gasteiger partial charge < -0.3 is 10.1 Å². The molecule has 0 bridgehead atoms. The minimum Gasteiger partial charge on any atom is -0.496 e. The molecule has 1 aliphatic heterocycles. The number of nitrogens with one attached hydrogen (secondary N) is 1. The van der Waals surface area contributed by atoms with Gasteiger partial charge >= 0.3 is 0 Å². The van der Waals surface area contributed by atoms with Crippen molar-refractivity contribution in [3.8, 4) is 11.4 Å². The molecular formula is C22H21N3O3. The molecule has 0 aliphatic carbocycles. The average molecular weight is 375 g/mol. The van der Waals surface area contributed by atoms with Gasteiger partial charge in [0.1, 0.15) is 11.6 Å². The second kappa shape index (κ2) is 6.96. The zero-order chi connectivity index (χ0) is 19.8. The summed E-state index contributed by atoms with van der Waals surface area (Å²) < 4.78 is 7.04. The van der Waals surface area contributed by atoms with Crippen LogP contribution in [0.5, 0.6) is 5.75 Å². The molecule has 6 nitrogen and oxygen atoms in total. The molecule has 1 N–H and O–H groups in total.